The second-order valence-corrected chi connectivity index (χ2v) is 5.16. The van der Waals surface area contributed by atoms with Crippen LogP contribution in [0.2, 0.25) is 0 Å². The van der Waals surface area contributed by atoms with Crippen molar-refractivity contribution in [3.8, 4) is 0 Å². The average Bonchev–Trinajstić information content (AvgIpc) is 2.93. The van der Waals surface area contributed by atoms with Gasteiger partial charge in [0.2, 0.25) is 0 Å². The molecular formula is C16H12OS. The Morgan fingerprint density at radius 1 is 0.944 bits per heavy atom. The lowest BCUT2D eigenvalue weighted by Crippen LogP contribution is -2.01. The topological polar surface area (TPSA) is 17.1 Å². The standard InChI is InChI=1S/C16H12OS/c17-15(16-9-4-10-18-16)11-13-7-3-6-12-5-1-2-8-14(12)13/h1-10H,11H2. The number of benzene rings is 2. The first-order chi connectivity index (χ1) is 8.84. The first-order valence-corrected chi connectivity index (χ1v) is 6.76. The lowest BCUT2D eigenvalue weighted by atomic mass is 10.00. The SMILES string of the molecule is O=C(Cc1cccc2ccccc12)c1cccs1. The maximum atomic E-state index is 12.1. The molecule has 1 heterocycles. The van der Waals surface area contributed by atoms with E-state index in [0.717, 1.165) is 10.4 Å². The largest absolute Gasteiger partial charge is 0.293 e. The van der Waals surface area contributed by atoms with Crippen molar-refractivity contribution in [2.24, 2.45) is 0 Å². The summed E-state index contributed by atoms with van der Waals surface area (Å²) in [6.07, 6.45) is 0.474. The van der Waals surface area contributed by atoms with Crippen LogP contribution < -0.4 is 0 Å². The van der Waals surface area contributed by atoms with Gasteiger partial charge in [-0.2, -0.15) is 0 Å². The Hall–Kier alpha value is -1.93. The maximum absolute atomic E-state index is 12.1. The van der Waals surface area contributed by atoms with E-state index in [-0.39, 0.29) is 5.78 Å². The number of hydrogen-bond acceptors (Lipinski definition) is 2. The third kappa shape index (κ3) is 2.07. The van der Waals surface area contributed by atoms with E-state index in [1.165, 1.54) is 22.1 Å². The quantitative estimate of drug-likeness (QED) is 0.634. The Morgan fingerprint density at radius 3 is 2.61 bits per heavy atom. The van der Waals surface area contributed by atoms with Crippen molar-refractivity contribution in [2.75, 3.05) is 0 Å². The van der Waals surface area contributed by atoms with Gasteiger partial charge >= 0.3 is 0 Å². The van der Waals surface area contributed by atoms with Gasteiger partial charge in [-0.15, -0.1) is 11.3 Å². The van der Waals surface area contributed by atoms with E-state index in [9.17, 15) is 4.79 Å². The smallest absolute Gasteiger partial charge is 0.177 e. The van der Waals surface area contributed by atoms with Crippen molar-refractivity contribution in [2.45, 2.75) is 6.42 Å². The van der Waals surface area contributed by atoms with Crippen LogP contribution in [0, 0.1) is 0 Å². The molecule has 1 aromatic heterocycles. The summed E-state index contributed by atoms with van der Waals surface area (Å²) in [5, 5.41) is 4.30. The summed E-state index contributed by atoms with van der Waals surface area (Å²) in [6.45, 7) is 0. The summed E-state index contributed by atoms with van der Waals surface area (Å²) in [5.74, 6) is 0.196. The Kier molecular flexibility index (Phi) is 2.95. The molecule has 0 radical (unpaired) electrons. The van der Waals surface area contributed by atoms with Crippen LogP contribution in [0.15, 0.2) is 60.0 Å². The highest BCUT2D eigenvalue weighted by molar-refractivity contribution is 7.12. The summed E-state index contributed by atoms with van der Waals surface area (Å²) in [6, 6.07) is 18.1. The fourth-order valence-corrected chi connectivity index (χ4v) is 2.81. The summed E-state index contributed by atoms with van der Waals surface area (Å²) < 4.78 is 0. The van der Waals surface area contributed by atoms with E-state index < -0.39 is 0 Å². The number of Topliss-reactive ketones (excluding diaryl/α,β-unsaturated/α-hetero) is 1. The highest BCUT2D eigenvalue weighted by atomic mass is 32.1. The van der Waals surface area contributed by atoms with Crippen LogP contribution in [-0.4, -0.2) is 5.78 Å². The Labute approximate surface area is 110 Å². The number of rotatable bonds is 3. The molecule has 0 amide bonds. The molecule has 2 aromatic carbocycles. The average molecular weight is 252 g/mol. The van der Waals surface area contributed by atoms with E-state index in [0.29, 0.717) is 6.42 Å². The van der Waals surface area contributed by atoms with Crippen molar-refractivity contribution >= 4 is 27.9 Å². The zero-order valence-corrected chi connectivity index (χ0v) is 10.6. The van der Waals surface area contributed by atoms with Crippen molar-refractivity contribution in [3.63, 3.8) is 0 Å². The molecule has 18 heavy (non-hydrogen) atoms. The molecule has 0 aliphatic rings. The predicted molar refractivity (Wildman–Crippen MR) is 76.3 cm³/mol. The second kappa shape index (κ2) is 4.75. The number of hydrogen-bond donors (Lipinski definition) is 0. The van der Waals surface area contributed by atoms with Gasteiger partial charge in [-0.1, -0.05) is 48.5 Å². The Bertz CT molecular complexity index is 678. The van der Waals surface area contributed by atoms with Crippen LogP contribution in [-0.2, 0) is 6.42 Å². The normalized spacial score (nSPS) is 10.7. The molecule has 0 N–H and O–H groups in total. The van der Waals surface area contributed by atoms with Gasteiger partial charge in [0.05, 0.1) is 4.88 Å². The fourth-order valence-electron chi connectivity index (χ4n) is 2.14. The molecule has 2 heteroatoms. The van der Waals surface area contributed by atoms with Crippen LogP contribution in [0.25, 0.3) is 10.8 Å². The minimum absolute atomic E-state index is 0.196. The molecule has 0 bridgehead atoms. The number of thiophene rings is 1. The molecule has 0 unspecified atom stereocenters. The summed E-state index contributed by atoms with van der Waals surface area (Å²) >= 11 is 1.51. The molecule has 0 saturated heterocycles. The van der Waals surface area contributed by atoms with Crippen LogP contribution in [0.3, 0.4) is 0 Å². The molecule has 1 nitrogen and oxygen atoms in total. The van der Waals surface area contributed by atoms with Crippen molar-refractivity contribution in [3.05, 3.63) is 70.4 Å². The zero-order chi connectivity index (χ0) is 12.4. The number of fused-ring (bicyclic) bond motifs is 1. The molecule has 3 aromatic rings. The van der Waals surface area contributed by atoms with E-state index in [1.807, 2.05) is 41.8 Å². The highest BCUT2D eigenvalue weighted by Gasteiger charge is 2.09. The highest BCUT2D eigenvalue weighted by Crippen LogP contribution is 2.21. The molecule has 0 spiro atoms. The number of carbonyl (C=O) groups excluding carboxylic acids is 1. The van der Waals surface area contributed by atoms with Crippen LogP contribution in [0.4, 0.5) is 0 Å². The van der Waals surface area contributed by atoms with Crippen LogP contribution in [0.5, 0.6) is 0 Å². The summed E-state index contributed by atoms with van der Waals surface area (Å²) in [7, 11) is 0. The first-order valence-electron chi connectivity index (χ1n) is 5.88. The van der Waals surface area contributed by atoms with Gasteiger partial charge in [-0.25, -0.2) is 0 Å². The van der Waals surface area contributed by atoms with Gasteiger partial charge in [0.25, 0.3) is 0 Å². The van der Waals surface area contributed by atoms with Gasteiger partial charge in [-0.05, 0) is 27.8 Å². The molecule has 0 aliphatic carbocycles. The van der Waals surface area contributed by atoms with Crippen LogP contribution >= 0.6 is 11.3 Å². The van der Waals surface area contributed by atoms with Crippen molar-refractivity contribution in [1.82, 2.24) is 0 Å². The van der Waals surface area contributed by atoms with Gasteiger partial charge in [-0.3, -0.25) is 4.79 Å². The van der Waals surface area contributed by atoms with Gasteiger partial charge < -0.3 is 0 Å². The Balaban J connectivity index is 1.98. The molecule has 88 valence electrons. The zero-order valence-electron chi connectivity index (χ0n) is 9.80. The minimum atomic E-state index is 0.196. The summed E-state index contributed by atoms with van der Waals surface area (Å²) in [5.41, 5.74) is 1.10. The van der Waals surface area contributed by atoms with Crippen LogP contribution in [0.1, 0.15) is 15.2 Å². The molecule has 0 saturated carbocycles. The van der Waals surface area contributed by atoms with Gasteiger partial charge in [0.15, 0.2) is 5.78 Å². The number of ketones is 1. The molecular weight excluding hydrogens is 240 g/mol. The molecule has 0 atom stereocenters. The lowest BCUT2D eigenvalue weighted by molar-refractivity contribution is 0.0997. The molecule has 0 aliphatic heterocycles. The fraction of sp³-hybridized carbons (Fsp3) is 0.0625. The summed E-state index contributed by atoms with van der Waals surface area (Å²) in [4.78, 5) is 13.0. The third-order valence-electron chi connectivity index (χ3n) is 3.03. The third-order valence-corrected chi connectivity index (χ3v) is 3.94. The van der Waals surface area contributed by atoms with E-state index in [4.69, 9.17) is 0 Å². The van der Waals surface area contributed by atoms with Gasteiger partial charge in [0.1, 0.15) is 0 Å². The Morgan fingerprint density at radius 2 is 1.78 bits per heavy atom. The van der Waals surface area contributed by atoms with E-state index in [2.05, 4.69) is 18.2 Å². The van der Waals surface area contributed by atoms with Crippen molar-refractivity contribution < 1.29 is 4.79 Å². The van der Waals surface area contributed by atoms with Crippen molar-refractivity contribution in [1.29, 1.82) is 0 Å². The maximum Gasteiger partial charge on any atom is 0.177 e. The van der Waals surface area contributed by atoms with E-state index in [1.54, 1.807) is 0 Å². The monoisotopic (exact) mass is 252 g/mol. The lowest BCUT2D eigenvalue weighted by Gasteiger charge is -2.05. The second-order valence-electron chi connectivity index (χ2n) is 4.22. The first kappa shape index (κ1) is 11.2. The molecule has 0 fully saturated rings. The minimum Gasteiger partial charge on any atom is -0.293 e. The van der Waals surface area contributed by atoms with E-state index >= 15 is 0 Å². The number of carbonyl (C=O) groups is 1. The predicted octanol–water partition coefficient (Wildman–Crippen LogP) is 4.33. The molecule has 3 rings (SSSR count). The van der Waals surface area contributed by atoms with Gasteiger partial charge in [0, 0.05) is 6.42 Å².